The van der Waals surface area contributed by atoms with E-state index in [0.29, 0.717) is 13.0 Å². The third-order valence-electron chi connectivity index (χ3n) is 3.10. The van der Waals surface area contributed by atoms with Crippen molar-refractivity contribution in [2.45, 2.75) is 12.3 Å². The van der Waals surface area contributed by atoms with Gasteiger partial charge in [0.25, 0.3) is 0 Å². The van der Waals surface area contributed by atoms with Gasteiger partial charge in [0.05, 0.1) is 13.0 Å². The highest BCUT2D eigenvalue weighted by Crippen LogP contribution is 2.28. The Morgan fingerprint density at radius 2 is 1.88 bits per heavy atom. The van der Waals surface area contributed by atoms with Crippen LogP contribution in [0.2, 0.25) is 0 Å². The first-order chi connectivity index (χ1) is 7.83. The molecule has 1 fully saturated rings. The van der Waals surface area contributed by atoms with Crippen LogP contribution in [0.3, 0.4) is 0 Å². The summed E-state index contributed by atoms with van der Waals surface area (Å²) in [5.41, 5.74) is 1.20. The van der Waals surface area contributed by atoms with Crippen molar-refractivity contribution >= 4 is 16.7 Å². The molecule has 2 aromatic carbocycles. The van der Waals surface area contributed by atoms with Gasteiger partial charge in [-0.05, 0) is 16.3 Å². The van der Waals surface area contributed by atoms with E-state index >= 15 is 0 Å². The zero-order chi connectivity index (χ0) is 11.0. The Balaban J connectivity index is 2.02. The second-order valence-corrected chi connectivity index (χ2v) is 4.19. The molecule has 0 aliphatic carbocycles. The fourth-order valence-corrected chi connectivity index (χ4v) is 2.19. The lowest BCUT2D eigenvalue weighted by Gasteiger charge is -2.07. The monoisotopic (exact) mass is 212 g/mol. The lowest BCUT2D eigenvalue weighted by molar-refractivity contribution is -0.137. The Morgan fingerprint density at radius 3 is 2.62 bits per heavy atom. The van der Waals surface area contributed by atoms with E-state index in [1.807, 2.05) is 12.1 Å². The van der Waals surface area contributed by atoms with E-state index in [4.69, 9.17) is 4.74 Å². The fraction of sp³-hybridized carbons (Fsp3) is 0.214. The maximum absolute atomic E-state index is 11.1. The lowest BCUT2D eigenvalue weighted by Crippen LogP contribution is -1.97. The van der Waals surface area contributed by atoms with Crippen LogP contribution >= 0.6 is 0 Å². The average Bonchev–Trinajstić information content (AvgIpc) is 2.75. The number of benzene rings is 2. The van der Waals surface area contributed by atoms with E-state index < -0.39 is 0 Å². The Morgan fingerprint density at radius 1 is 1.06 bits per heavy atom. The molecular weight excluding hydrogens is 200 g/mol. The summed E-state index contributed by atoms with van der Waals surface area (Å²) in [6.45, 7) is 0.525. The molecule has 0 N–H and O–H groups in total. The molecule has 1 unspecified atom stereocenters. The molecule has 0 radical (unpaired) electrons. The van der Waals surface area contributed by atoms with Crippen LogP contribution in [-0.4, -0.2) is 12.6 Å². The molecule has 2 heteroatoms. The predicted octanol–water partition coefficient (Wildman–Crippen LogP) is 2.87. The summed E-state index contributed by atoms with van der Waals surface area (Å²) in [5, 5.41) is 2.45. The lowest BCUT2D eigenvalue weighted by atomic mass is 9.96. The zero-order valence-electron chi connectivity index (χ0n) is 8.85. The second-order valence-electron chi connectivity index (χ2n) is 4.19. The van der Waals surface area contributed by atoms with Gasteiger partial charge in [-0.1, -0.05) is 42.5 Å². The van der Waals surface area contributed by atoms with E-state index in [2.05, 4.69) is 30.3 Å². The molecule has 16 heavy (non-hydrogen) atoms. The Hall–Kier alpha value is -1.83. The van der Waals surface area contributed by atoms with Crippen LogP contribution in [0.5, 0.6) is 0 Å². The minimum absolute atomic E-state index is 0.0850. The first-order valence-electron chi connectivity index (χ1n) is 5.47. The average molecular weight is 212 g/mol. The summed E-state index contributed by atoms with van der Waals surface area (Å²) in [6.07, 6.45) is 0.512. The molecule has 2 nitrogen and oxygen atoms in total. The van der Waals surface area contributed by atoms with Crippen LogP contribution in [0, 0.1) is 0 Å². The van der Waals surface area contributed by atoms with Crippen LogP contribution < -0.4 is 0 Å². The van der Waals surface area contributed by atoms with Crippen LogP contribution in [-0.2, 0) is 9.53 Å². The highest BCUT2D eigenvalue weighted by molar-refractivity contribution is 5.83. The Labute approximate surface area is 93.8 Å². The van der Waals surface area contributed by atoms with Crippen molar-refractivity contribution < 1.29 is 9.53 Å². The fourth-order valence-electron chi connectivity index (χ4n) is 2.19. The summed E-state index contributed by atoms with van der Waals surface area (Å²) < 4.78 is 4.99. The maximum Gasteiger partial charge on any atom is 0.306 e. The van der Waals surface area contributed by atoms with Gasteiger partial charge in [0.2, 0.25) is 0 Å². The Bertz CT molecular complexity index is 545. The van der Waals surface area contributed by atoms with Crippen molar-refractivity contribution in [3.05, 3.63) is 48.0 Å². The van der Waals surface area contributed by atoms with Gasteiger partial charge in [0.15, 0.2) is 0 Å². The molecular formula is C14H12O2. The van der Waals surface area contributed by atoms with E-state index in [1.165, 1.54) is 16.3 Å². The van der Waals surface area contributed by atoms with Gasteiger partial charge >= 0.3 is 5.97 Å². The number of carbonyl (C=O) groups is 1. The first-order valence-corrected chi connectivity index (χ1v) is 5.47. The number of esters is 1. The summed E-state index contributed by atoms with van der Waals surface area (Å²) in [6, 6.07) is 14.6. The number of carbonyl (C=O) groups excluding carboxylic acids is 1. The zero-order valence-corrected chi connectivity index (χ0v) is 8.85. The maximum atomic E-state index is 11.1. The van der Waals surface area contributed by atoms with Crippen molar-refractivity contribution in [2.24, 2.45) is 0 Å². The van der Waals surface area contributed by atoms with Gasteiger partial charge in [0, 0.05) is 5.92 Å². The van der Waals surface area contributed by atoms with Crippen LogP contribution in [0.25, 0.3) is 10.8 Å². The molecule has 3 rings (SSSR count). The molecule has 1 atom stereocenters. The van der Waals surface area contributed by atoms with Crippen molar-refractivity contribution in [3.8, 4) is 0 Å². The van der Waals surface area contributed by atoms with Crippen molar-refractivity contribution in [2.75, 3.05) is 6.61 Å². The minimum atomic E-state index is -0.0850. The van der Waals surface area contributed by atoms with E-state index in [0.717, 1.165) is 0 Å². The van der Waals surface area contributed by atoms with Gasteiger partial charge in [-0.3, -0.25) is 4.79 Å². The number of rotatable bonds is 1. The Kier molecular flexibility index (Phi) is 2.13. The topological polar surface area (TPSA) is 26.3 Å². The molecule has 2 aromatic rings. The summed E-state index contributed by atoms with van der Waals surface area (Å²) in [4.78, 5) is 11.1. The molecule has 1 heterocycles. The van der Waals surface area contributed by atoms with E-state index in [-0.39, 0.29) is 11.9 Å². The van der Waals surface area contributed by atoms with Crippen molar-refractivity contribution in [3.63, 3.8) is 0 Å². The summed E-state index contributed by atoms with van der Waals surface area (Å²) >= 11 is 0. The van der Waals surface area contributed by atoms with Crippen LogP contribution in [0.15, 0.2) is 42.5 Å². The van der Waals surface area contributed by atoms with Crippen molar-refractivity contribution in [1.29, 1.82) is 0 Å². The SMILES string of the molecule is O=C1CC(c2ccc3ccccc3c2)CO1. The molecule has 0 bridgehead atoms. The molecule has 1 aliphatic heterocycles. The molecule has 0 saturated carbocycles. The van der Waals surface area contributed by atoms with Gasteiger partial charge < -0.3 is 4.74 Å². The smallest absolute Gasteiger partial charge is 0.306 e. The third-order valence-corrected chi connectivity index (χ3v) is 3.10. The van der Waals surface area contributed by atoms with Gasteiger partial charge in [-0.2, -0.15) is 0 Å². The molecule has 0 amide bonds. The number of ether oxygens (including phenoxy) is 1. The van der Waals surface area contributed by atoms with Gasteiger partial charge in [-0.15, -0.1) is 0 Å². The van der Waals surface area contributed by atoms with Crippen molar-refractivity contribution in [1.82, 2.24) is 0 Å². The number of fused-ring (bicyclic) bond motifs is 1. The summed E-state index contributed by atoms with van der Waals surface area (Å²) in [7, 11) is 0. The highest BCUT2D eigenvalue weighted by atomic mass is 16.5. The normalized spacial score (nSPS) is 20.0. The standard InChI is InChI=1S/C14H12O2/c15-14-8-13(9-16-14)12-6-5-10-3-1-2-4-11(10)7-12/h1-7,13H,8-9H2. The molecule has 0 aromatic heterocycles. The molecule has 1 saturated heterocycles. The molecule has 80 valence electrons. The van der Waals surface area contributed by atoms with Crippen LogP contribution in [0.4, 0.5) is 0 Å². The van der Waals surface area contributed by atoms with Gasteiger partial charge in [0.1, 0.15) is 0 Å². The van der Waals surface area contributed by atoms with E-state index in [9.17, 15) is 4.79 Å². The number of cyclic esters (lactones) is 1. The number of hydrogen-bond acceptors (Lipinski definition) is 2. The molecule has 1 aliphatic rings. The van der Waals surface area contributed by atoms with Crippen LogP contribution in [0.1, 0.15) is 17.9 Å². The highest BCUT2D eigenvalue weighted by Gasteiger charge is 2.25. The predicted molar refractivity (Wildman–Crippen MR) is 62.3 cm³/mol. The quantitative estimate of drug-likeness (QED) is 0.679. The molecule has 0 spiro atoms. The first kappa shape index (κ1) is 9.40. The number of hydrogen-bond donors (Lipinski definition) is 0. The third kappa shape index (κ3) is 1.56. The second kappa shape index (κ2) is 3.63. The minimum Gasteiger partial charge on any atom is -0.465 e. The summed E-state index contributed by atoms with van der Waals surface area (Å²) in [5.74, 6) is 0.148. The largest absolute Gasteiger partial charge is 0.465 e. The van der Waals surface area contributed by atoms with E-state index in [1.54, 1.807) is 0 Å². The van der Waals surface area contributed by atoms with Gasteiger partial charge in [-0.25, -0.2) is 0 Å².